The third-order valence-corrected chi connectivity index (χ3v) is 4.41. The van der Waals surface area contributed by atoms with E-state index < -0.39 is 0 Å². The minimum atomic E-state index is 1.03. The highest BCUT2D eigenvalue weighted by molar-refractivity contribution is 9.14. The summed E-state index contributed by atoms with van der Waals surface area (Å²) in [5.41, 5.74) is 1.09. The van der Waals surface area contributed by atoms with Crippen molar-refractivity contribution in [3.05, 3.63) is 37.7 Å². The molecule has 0 heterocycles. The highest BCUT2D eigenvalue weighted by Gasteiger charge is 2.01. The van der Waals surface area contributed by atoms with Crippen LogP contribution in [0.4, 0.5) is 0 Å². The highest BCUT2D eigenvalue weighted by atomic mass is 79.9. The molecule has 0 aliphatic rings. The summed E-state index contributed by atoms with van der Waals surface area (Å²) < 4.78 is 3.09. The smallest absolute Gasteiger partial charge is 0.0459 e. The van der Waals surface area contributed by atoms with E-state index in [1.807, 2.05) is 18.2 Å². The molecule has 3 heteroatoms. The molecule has 58 valence electrons. The first kappa shape index (κ1) is 9.49. The second kappa shape index (κ2) is 3.87. The van der Waals surface area contributed by atoms with E-state index in [1.54, 1.807) is 0 Å². The summed E-state index contributed by atoms with van der Waals surface area (Å²) in [5, 5.41) is 0. The lowest BCUT2D eigenvalue weighted by atomic mass is 10.2. The highest BCUT2D eigenvalue weighted by Crippen LogP contribution is 2.32. The molecule has 0 amide bonds. The van der Waals surface area contributed by atoms with Crippen LogP contribution in [-0.4, -0.2) is 0 Å². The number of benzene rings is 1. The topological polar surface area (TPSA) is 0 Å². The molecular formula is C8H5Br3. The van der Waals surface area contributed by atoms with Gasteiger partial charge in [0, 0.05) is 13.4 Å². The van der Waals surface area contributed by atoms with Crippen LogP contribution < -0.4 is 0 Å². The fourth-order valence-electron chi connectivity index (χ4n) is 0.693. The van der Waals surface area contributed by atoms with Gasteiger partial charge in [0.05, 0.1) is 0 Å². The zero-order valence-corrected chi connectivity index (χ0v) is 10.3. The zero-order valence-electron chi connectivity index (χ0n) is 5.57. The van der Waals surface area contributed by atoms with Gasteiger partial charge in [0.25, 0.3) is 0 Å². The van der Waals surface area contributed by atoms with E-state index in [2.05, 4.69) is 54.4 Å². The van der Waals surface area contributed by atoms with Gasteiger partial charge in [-0.1, -0.05) is 12.7 Å². The van der Waals surface area contributed by atoms with Gasteiger partial charge < -0.3 is 0 Å². The summed E-state index contributed by atoms with van der Waals surface area (Å²) in [6.45, 7) is 3.69. The van der Waals surface area contributed by atoms with Crippen molar-refractivity contribution in [2.45, 2.75) is 0 Å². The first-order valence-electron chi connectivity index (χ1n) is 2.92. The third kappa shape index (κ3) is 2.17. The Kier molecular flexibility index (Phi) is 3.34. The van der Waals surface area contributed by atoms with Crippen molar-refractivity contribution in [1.82, 2.24) is 0 Å². The molecular weight excluding hydrogens is 336 g/mol. The Morgan fingerprint density at radius 2 is 1.55 bits per heavy atom. The monoisotopic (exact) mass is 338 g/mol. The molecule has 1 aromatic rings. The molecule has 11 heavy (non-hydrogen) atoms. The molecule has 1 aromatic carbocycles. The molecule has 0 bridgehead atoms. The summed E-state index contributed by atoms with van der Waals surface area (Å²) in [4.78, 5) is 0. The van der Waals surface area contributed by atoms with Crippen LogP contribution in [0.5, 0.6) is 0 Å². The first-order valence-corrected chi connectivity index (χ1v) is 5.30. The lowest BCUT2D eigenvalue weighted by molar-refractivity contribution is 1.51. The molecule has 0 saturated carbocycles. The lowest BCUT2D eigenvalue weighted by Crippen LogP contribution is -1.76. The second-order valence-corrected chi connectivity index (χ2v) is 4.50. The number of halogens is 3. The van der Waals surface area contributed by atoms with Crippen LogP contribution in [0.15, 0.2) is 32.1 Å². The molecule has 0 spiro atoms. The Morgan fingerprint density at radius 1 is 1.09 bits per heavy atom. The standard InChI is InChI=1S/C8H5Br3/c1-2-5-3-6(9)8(11)7(10)4-5/h2-4H,1H2. The first-order chi connectivity index (χ1) is 5.15. The predicted molar refractivity (Wildman–Crippen MR) is 59.6 cm³/mol. The normalized spacial score (nSPS) is 9.73. The largest absolute Gasteiger partial charge is 0.0985 e. The maximum atomic E-state index is 3.69. The van der Waals surface area contributed by atoms with Crippen LogP contribution >= 0.6 is 47.8 Å². The van der Waals surface area contributed by atoms with E-state index in [1.165, 1.54) is 0 Å². The van der Waals surface area contributed by atoms with E-state index in [0.717, 1.165) is 19.0 Å². The average Bonchev–Trinajstić information content (AvgIpc) is 1.99. The van der Waals surface area contributed by atoms with E-state index in [-0.39, 0.29) is 0 Å². The summed E-state index contributed by atoms with van der Waals surface area (Å²) >= 11 is 10.2. The summed E-state index contributed by atoms with van der Waals surface area (Å²) in [5.74, 6) is 0. The molecule has 0 atom stereocenters. The van der Waals surface area contributed by atoms with Gasteiger partial charge in [0.15, 0.2) is 0 Å². The fourth-order valence-corrected chi connectivity index (χ4v) is 2.14. The Hall–Kier alpha value is 0.400. The molecule has 0 aliphatic heterocycles. The number of hydrogen-bond acceptors (Lipinski definition) is 0. The van der Waals surface area contributed by atoms with E-state index in [9.17, 15) is 0 Å². The van der Waals surface area contributed by atoms with E-state index >= 15 is 0 Å². The van der Waals surface area contributed by atoms with Gasteiger partial charge in [0.1, 0.15) is 0 Å². The van der Waals surface area contributed by atoms with Gasteiger partial charge in [-0.05, 0) is 65.5 Å². The molecule has 1 rings (SSSR count). The molecule has 0 unspecified atom stereocenters. The molecule has 0 N–H and O–H groups in total. The van der Waals surface area contributed by atoms with Crippen LogP contribution in [0.25, 0.3) is 6.08 Å². The molecule has 0 radical (unpaired) electrons. The van der Waals surface area contributed by atoms with Gasteiger partial charge in [-0.15, -0.1) is 0 Å². The lowest BCUT2D eigenvalue weighted by Gasteiger charge is -2.00. The maximum Gasteiger partial charge on any atom is 0.0459 e. The Labute approximate surface area is 91.1 Å². The van der Waals surface area contributed by atoms with Crippen LogP contribution in [0, 0.1) is 0 Å². The van der Waals surface area contributed by atoms with Gasteiger partial charge in [-0.2, -0.15) is 0 Å². The Morgan fingerprint density at radius 3 is 1.91 bits per heavy atom. The van der Waals surface area contributed by atoms with Gasteiger partial charge >= 0.3 is 0 Å². The minimum absolute atomic E-state index is 1.03. The Bertz CT molecular complexity index is 268. The molecule has 0 aromatic heterocycles. The SMILES string of the molecule is C=Cc1cc(Br)c(Br)c(Br)c1. The molecule has 0 saturated heterocycles. The van der Waals surface area contributed by atoms with Crippen molar-refractivity contribution >= 4 is 53.9 Å². The average molecular weight is 341 g/mol. The fraction of sp³-hybridized carbons (Fsp3) is 0. The Balaban J connectivity index is 3.31. The van der Waals surface area contributed by atoms with Gasteiger partial charge in [0.2, 0.25) is 0 Å². The second-order valence-electron chi connectivity index (χ2n) is 2.00. The van der Waals surface area contributed by atoms with Crippen LogP contribution in [0.3, 0.4) is 0 Å². The summed E-state index contributed by atoms with van der Waals surface area (Å²) in [6.07, 6.45) is 1.81. The van der Waals surface area contributed by atoms with Crippen molar-refractivity contribution < 1.29 is 0 Å². The van der Waals surface area contributed by atoms with Crippen molar-refractivity contribution in [1.29, 1.82) is 0 Å². The van der Waals surface area contributed by atoms with Crippen molar-refractivity contribution in [2.24, 2.45) is 0 Å². The number of hydrogen-bond donors (Lipinski definition) is 0. The van der Waals surface area contributed by atoms with Gasteiger partial charge in [-0.25, -0.2) is 0 Å². The van der Waals surface area contributed by atoms with E-state index in [4.69, 9.17) is 0 Å². The van der Waals surface area contributed by atoms with Crippen molar-refractivity contribution in [3.8, 4) is 0 Å². The van der Waals surface area contributed by atoms with Crippen LogP contribution in [-0.2, 0) is 0 Å². The summed E-state index contributed by atoms with van der Waals surface area (Å²) in [7, 11) is 0. The van der Waals surface area contributed by atoms with E-state index in [0.29, 0.717) is 0 Å². The number of rotatable bonds is 1. The van der Waals surface area contributed by atoms with Gasteiger partial charge in [-0.3, -0.25) is 0 Å². The van der Waals surface area contributed by atoms with Crippen molar-refractivity contribution in [2.75, 3.05) is 0 Å². The minimum Gasteiger partial charge on any atom is -0.0985 e. The summed E-state index contributed by atoms with van der Waals surface area (Å²) in [6, 6.07) is 4.00. The molecule has 0 aliphatic carbocycles. The van der Waals surface area contributed by atoms with Crippen LogP contribution in [0.2, 0.25) is 0 Å². The molecule has 0 nitrogen and oxygen atoms in total. The molecule has 0 fully saturated rings. The zero-order chi connectivity index (χ0) is 8.43. The van der Waals surface area contributed by atoms with Crippen molar-refractivity contribution in [3.63, 3.8) is 0 Å². The third-order valence-electron chi connectivity index (χ3n) is 1.24. The predicted octanol–water partition coefficient (Wildman–Crippen LogP) is 4.62. The maximum absolute atomic E-state index is 3.69. The quantitative estimate of drug-likeness (QED) is 0.654. The van der Waals surface area contributed by atoms with Crippen LogP contribution in [0.1, 0.15) is 5.56 Å².